The lowest BCUT2D eigenvalue weighted by Gasteiger charge is -2.41. The van der Waals surface area contributed by atoms with Crippen molar-refractivity contribution in [3.05, 3.63) is 34.9 Å². The Morgan fingerprint density at radius 2 is 2.12 bits per heavy atom. The molecule has 0 fully saturated rings. The average Bonchev–Trinajstić information content (AvgIpc) is 2.47. The highest BCUT2D eigenvalue weighted by Gasteiger charge is 2.45. The molecule has 134 valence electrons. The quantitative estimate of drug-likeness (QED) is 0.651. The molecule has 24 heavy (non-hydrogen) atoms. The minimum atomic E-state index is -1.27. The highest BCUT2D eigenvalue weighted by Crippen LogP contribution is 2.40. The van der Waals surface area contributed by atoms with Crippen molar-refractivity contribution in [3.63, 3.8) is 0 Å². The lowest BCUT2D eigenvalue weighted by atomic mass is 9.75. The molecule has 5 heteroatoms. The van der Waals surface area contributed by atoms with Gasteiger partial charge in [0.15, 0.2) is 0 Å². The van der Waals surface area contributed by atoms with Gasteiger partial charge in [-0.15, -0.1) is 4.72 Å². The van der Waals surface area contributed by atoms with Crippen LogP contribution >= 0.6 is 0 Å². The van der Waals surface area contributed by atoms with E-state index >= 15 is 0 Å². The third-order valence-corrected chi connectivity index (χ3v) is 6.11. The minimum Gasteiger partial charge on any atom is -0.598 e. The maximum absolute atomic E-state index is 12.8. The van der Waals surface area contributed by atoms with Gasteiger partial charge in [-0.2, -0.15) is 0 Å². The Balaban J connectivity index is 2.45. The summed E-state index contributed by atoms with van der Waals surface area (Å²) in [6.45, 7) is 10.0. The summed E-state index contributed by atoms with van der Waals surface area (Å²) >= 11 is -1.27. The molecule has 0 saturated carbocycles. The summed E-state index contributed by atoms with van der Waals surface area (Å²) < 4.78 is 20.9. The third-order valence-electron chi connectivity index (χ3n) is 4.43. The molecule has 0 spiro atoms. The van der Waals surface area contributed by atoms with E-state index in [2.05, 4.69) is 22.9 Å². The third kappa shape index (κ3) is 4.32. The monoisotopic (exact) mass is 351 g/mol. The standard InChI is InChI=1S/C19H29NO3S/c1-6-23-17(21)13-19(20-24(22)18(3,4)5)11-7-8-15-10-9-14(2)12-16(15)19/h9-10,12,20H,6-8,11,13H2,1-5H3/t19?,24-/m0/s1. The zero-order valence-corrected chi connectivity index (χ0v) is 16.2. The minimum absolute atomic E-state index is 0.207. The zero-order chi connectivity index (χ0) is 18.0. The second-order valence-corrected chi connectivity index (χ2v) is 9.53. The van der Waals surface area contributed by atoms with E-state index in [-0.39, 0.29) is 12.4 Å². The fourth-order valence-electron chi connectivity index (χ4n) is 3.18. The summed E-state index contributed by atoms with van der Waals surface area (Å²) in [5, 5.41) is 0. The molecule has 1 unspecified atom stereocenters. The van der Waals surface area contributed by atoms with Crippen LogP contribution in [-0.2, 0) is 32.9 Å². The van der Waals surface area contributed by atoms with Crippen LogP contribution in [0.5, 0.6) is 0 Å². The molecule has 0 aliphatic heterocycles. The van der Waals surface area contributed by atoms with Crippen molar-refractivity contribution >= 4 is 17.3 Å². The Bertz CT molecular complexity index is 597. The molecule has 0 bridgehead atoms. The van der Waals surface area contributed by atoms with Crippen LogP contribution in [0, 0.1) is 6.92 Å². The van der Waals surface area contributed by atoms with E-state index in [0.717, 1.165) is 30.4 Å². The molecule has 1 aliphatic carbocycles. The summed E-state index contributed by atoms with van der Waals surface area (Å²) in [6, 6.07) is 6.35. The summed E-state index contributed by atoms with van der Waals surface area (Å²) in [5.41, 5.74) is 2.85. The molecule has 1 aliphatic rings. The van der Waals surface area contributed by atoms with Gasteiger partial charge < -0.3 is 9.29 Å². The first-order valence-corrected chi connectivity index (χ1v) is 9.78. The predicted molar refractivity (Wildman–Crippen MR) is 98.1 cm³/mol. The van der Waals surface area contributed by atoms with Gasteiger partial charge in [-0.3, -0.25) is 4.79 Å². The van der Waals surface area contributed by atoms with Gasteiger partial charge in [0.05, 0.1) is 18.6 Å². The van der Waals surface area contributed by atoms with Crippen LogP contribution in [0.1, 0.15) is 63.6 Å². The van der Waals surface area contributed by atoms with Crippen LogP contribution in [0.25, 0.3) is 0 Å². The molecule has 1 aromatic rings. The number of hydrogen-bond acceptors (Lipinski definition) is 4. The number of ether oxygens (including phenoxy) is 1. The summed E-state index contributed by atoms with van der Waals surface area (Å²) in [6.07, 6.45) is 2.94. The van der Waals surface area contributed by atoms with Crippen LogP contribution in [-0.4, -0.2) is 21.9 Å². The lowest BCUT2D eigenvalue weighted by molar-refractivity contribution is -0.145. The van der Waals surface area contributed by atoms with Crippen molar-refractivity contribution in [2.24, 2.45) is 0 Å². The van der Waals surface area contributed by atoms with E-state index in [1.54, 1.807) is 0 Å². The Hall–Kier alpha value is -1.04. The lowest BCUT2D eigenvalue weighted by Crippen LogP contribution is -2.53. The van der Waals surface area contributed by atoms with Gasteiger partial charge in [0.25, 0.3) is 0 Å². The number of nitrogens with one attached hydrogen (secondary N) is 1. The van der Waals surface area contributed by atoms with Crippen LogP contribution in [0.4, 0.5) is 0 Å². The molecule has 4 nitrogen and oxygen atoms in total. The molecule has 1 aromatic carbocycles. The van der Waals surface area contributed by atoms with Crippen molar-refractivity contribution in [2.45, 2.75) is 70.6 Å². The van der Waals surface area contributed by atoms with Crippen LogP contribution in [0.2, 0.25) is 0 Å². The number of aryl methyl sites for hydroxylation is 2. The fraction of sp³-hybridized carbons (Fsp3) is 0.632. The van der Waals surface area contributed by atoms with Crippen molar-refractivity contribution < 1.29 is 14.1 Å². The molecule has 0 heterocycles. The van der Waals surface area contributed by atoms with Gasteiger partial charge in [0.2, 0.25) is 0 Å². The normalized spacial score (nSPS) is 21.9. The summed E-state index contributed by atoms with van der Waals surface area (Å²) in [5.74, 6) is -0.245. The van der Waals surface area contributed by atoms with E-state index in [1.807, 2.05) is 34.6 Å². The molecule has 0 saturated heterocycles. The SMILES string of the molecule is CCOC(=O)CC1(N[S@@+]([O-])C(C)(C)C)CCCc2ccc(C)cc21. The van der Waals surface area contributed by atoms with E-state index in [0.29, 0.717) is 6.61 Å². The van der Waals surface area contributed by atoms with Crippen molar-refractivity contribution in [1.29, 1.82) is 0 Å². The Morgan fingerprint density at radius 1 is 1.42 bits per heavy atom. The number of benzene rings is 1. The largest absolute Gasteiger partial charge is 0.598 e. The molecular formula is C19H29NO3S. The van der Waals surface area contributed by atoms with Crippen LogP contribution < -0.4 is 4.72 Å². The van der Waals surface area contributed by atoms with Crippen molar-refractivity contribution in [1.82, 2.24) is 4.72 Å². The van der Waals surface area contributed by atoms with Gasteiger partial charge in [-0.05, 0) is 65.0 Å². The van der Waals surface area contributed by atoms with Crippen molar-refractivity contribution in [2.75, 3.05) is 6.61 Å². The van der Waals surface area contributed by atoms with Crippen molar-refractivity contribution in [3.8, 4) is 0 Å². The first-order chi connectivity index (χ1) is 11.2. The summed E-state index contributed by atoms with van der Waals surface area (Å²) in [7, 11) is 0. The maximum Gasteiger partial charge on any atom is 0.308 e. The van der Waals surface area contributed by atoms with Crippen LogP contribution in [0.3, 0.4) is 0 Å². The van der Waals surface area contributed by atoms with Crippen LogP contribution in [0.15, 0.2) is 18.2 Å². The molecule has 0 aromatic heterocycles. The Labute approximate surface area is 148 Å². The molecule has 2 atom stereocenters. The first-order valence-electron chi connectivity index (χ1n) is 8.63. The number of rotatable bonds is 5. The van der Waals surface area contributed by atoms with E-state index in [9.17, 15) is 9.35 Å². The highest BCUT2D eigenvalue weighted by atomic mass is 32.2. The predicted octanol–water partition coefficient (Wildman–Crippen LogP) is 3.53. The molecular weight excluding hydrogens is 322 g/mol. The van der Waals surface area contributed by atoms with E-state index < -0.39 is 21.6 Å². The maximum atomic E-state index is 12.8. The van der Waals surface area contributed by atoms with Gasteiger partial charge in [-0.1, -0.05) is 23.8 Å². The second-order valence-electron chi connectivity index (χ2n) is 7.56. The molecule has 0 radical (unpaired) electrons. The Kier molecular flexibility index (Phi) is 6.00. The van der Waals surface area contributed by atoms with Gasteiger partial charge in [-0.25, -0.2) is 0 Å². The van der Waals surface area contributed by atoms with E-state index in [4.69, 9.17) is 4.74 Å². The highest BCUT2D eigenvalue weighted by molar-refractivity contribution is 7.90. The van der Waals surface area contributed by atoms with Gasteiger partial charge >= 0.3 is 5.97 Å². The fourth-order valence-corrected chi connectivity index (χ4v) is 4.13. The van der Waals surface area contributed by atoms with E-state index in [1.165, 1.54) is 5.56 Å². The number of fused-ring (bicyclic) bond motifs is 1. The average molecular weight is 352 g/mol. The Morgan fingerprint density at radius 3 is 2.75 bits per heavy atom. The van der Waals surface area contributed by atoms with Gasteiger partial charge in [0, 0.05) is 11.4 Å². The number of carbonyl (C=O) groups is 1. The number of esters is 1. The zero-order valence-electron chi connectivity index (χ0n) is 15.4. The molecule has 1 N–H and O–H groups in total. The smallest absolute Gasteiger partial charge is 0.308 e. The second kappa shape index (κ2) is 7.46. The first kappa shape index (κ1) is 19.3. The number of carbonyl (C=O) groups excluding carboxylic acids is 1. The number of hydrogen-bond donors (Lipinski definition) is 1. The summed E-state index contributed by atoms with van der Waals surface area (Å²) in [4.78, 5) is 12.3. The molecule has 0 amide bonds. The molecule has 2 rings (SSSR count). The van der Waals surface area contributed by atoms with Gasteiger partial charge in [0.1, 0.15) is 4.75 Å². The topological polar surface area (TPSA) is 61.4 Å².